The van der Waals surface area contributed by atoms with Gasteiger partial charge in [-0.15, -0.1) is 11.3 Å². The van der Waals surface area contributed by atoms with Gasteiger partial charge < -0.3 is 11.1 Å². The van der Waals surface area contributed by atoms with Gasteiger partial charge in [0.2, 0.25) is 5.91 Å². The molecular formula is C10H16N4OS. The molecule has 3 N–H and O–H groups in total. The van der Waals surface area contributed by atoms with Crippen LogP contribution in [0.15, 0.2) is 6.20 Å². The zero-order valence-corrected chi connectivity index (χ0v) is 10.1. The maximum Gasteiger partial charge on any atom is 0.236 e. The van der Waals surface area contributed by atoms with Crippen molar-refractivity contribution in [2.24, 2.45) is 5.73 Å². The van der Waals surface area contributed by atoms with Crippen LogP contribution in [0.4, 0.5) is 0 Å². The van der Waals surface area contributed by atoms with E-state index in [9.17, 15) is 4.79 Å². The number of aryl methyl sites for hydroxylation is 1. The van der Waals surface area contributed by atoms with E-state index in [1.807, 2.05) is 13.1 Å². The molecule has 6 heteroatoms. The van der Waals surface area contributed by atoms with Crippen LogP contribution in [-0.2, 0) is 11.3 Å². The predicted molar refractivity (Wildman–Crippen MR) is 63.1 cm³/mol. The number of aromatic nitrogens is 1. The summed E-state index contributed by atoms with van der Waals surface area (Å²) in [5, 5.41) is 4.24. The van der Waals surface area contributed by atoms with E-state index in [2.05, 4.69) is 15.2 Å². The Morgan fingerprint density at radius 2 is 2.62 bits per heavy atom. The van der Waals surface area contributed by atoms with E-state index in [0.29, 0.717) is 6.54 Å². The number of nitrogens with zero attached hydrogens (tertiary/aromatic N) is 2. The summed E-state index contributed by atoms with van der Waals surface area (Å²) in [6.45, 7) is 5.15. The molecule has 88 valence electrons. The molecule has 0 saturated carbocycles. The first-order chi connectivity index (χ1) is 7.66. The molecule has 0 radical (unpaired) electrons. The van der Waals surface area contributed by atoms with E-state index in [0.717, 1.165) is 24.6 Å². The van der Waals surface area contributed by atoms with Crippen LogP contribution in [0.1, 0.15) is 9.88 Å². The molecule has 16 heavy (non-hydrogen) atoms. The third kappa shape index (κ3) is 2.58. The van der Waals surface area contributed by atoms with Gasteiger partial charge in [-0.3, -0.25) is 9.69 Å². The van der Waals surface area contributed by atoms with E-state index in [1.54, 1.807) is 11.3 Å². The third-order valence-electron chi connectivity index (χ3n) is 2.71. The molecule has 1 aromatic heterocycles. The fourth-order valence-electron chi connectivity index (χ4n) is 1.89. The Morgan fingerprint density at radius 3 is 3.25 bits per heavy atom. The first kappa shape index (κ1) is 11.5. The number of carbonyl (C=O) groups is 1. The van der Waals surface area contributed by atoms with Crippen LogP contribution in [0.5, 0.6) is 0 Å². The Bertz CT molecular complexity index is 379. The van der Waals surface area contributed by atoms with E-state index < -0.39 is 0 Å². The standard InChI is InChI=1S/C10H16N4OS/c1-7-13-4-8(16-7)6-14-3-2-12-5-9(14)10(11)15/h4,9,12H,2-3,5-6H2,1H3,(H2,11,15). The lowest BCUT2D eigenvalue weighted by atomic mass is 10.2. The molecule has 0 aliphatic carbocycles. The number of amides is 1. The maximum absolute atomic E-state index is 11.3. The highest BCUT2D eigenvalue weighted by atomic mass is 32.1. The Morgan fingerprint density at radius 1 is 1.81 bits per heavy atom. The minimum atomic E-state index is -0.256. The minimum absolute atomic E-state index is 0.198. The van der Waals surface area contributed by atoms with Crippen molar-refractivity contribution in [2.75, 3.05) is 19.6 Å². The van der Waals surface area contributed by atoms with E-state index in [-0.39, 0.29) is 11.9 Å². The molecule has 0 aromatic carbocycles. The fraction of sp³-hybridized carbons (Fsp3) is 0.600. The van der Waals surface area contributed by atoms with Gasteiger partial charge in [0, 0.05) is 37.3 Å². The molecular weight excluding hydrogens is 224 g/mol. The van der Waals surface area contributed by atoms with Crippen LogP contribution < -0.4 is 11.1 Å². The van der Waals surface area contributed by atoms with E-state index in [4.69, 9.17) is 5.73 Å². The van der Waals surface area contributed by atoms with E-state index in [1.165, 1.54) is 4.88 Å². The summed E-state index contributed by atoms with van der Waals surface area (Å²) in [5.74, 6) is -0.256. The summed E-state index contributed by atoms with van der Waals surface area (Å²) in [4.78, 5) is 18.8. The molecule has 1 fully saturated rings. The molecule has 1 aromatic rings. The molecule has 1 aliphatic rings. The number of thiazole rings is 1. The fourth-order valence-corrected chi connectivity index (χ4v) is 2.72. The number of rotatable bonds is 3. The van der Waals surface area contributed by atoms with Gasteiger partial charge in [-0.25, -0.2) is 4.98 Å². The van der Waals surface area contributed by atoms with Crippen LogP contribution in [0, 0.1) is 6.92 Å². The number of piperazine rings is 1. The molecule has 1 amide bonds. The Hall–Kier alpha value is -0.980. The molecule has 1 atom stereocenters. The summed E-state index contributed by atoms with van der Waals surface area (Å²) in [7, 11) is 0. The van der Waals surface area contributed by atoms with Crippen LogP contribution in [0.3, 0.4) is 0 Å². The van der Waals surface area contributed by atoms with Gasteiger partial charge in [-0.05, 0) is 6.92 Å². The summed E-state index contributed by atoms with van der Waals surface area (Å²) in [6.07, 6.45) is 1.88. The van der Waals surface area contributed by atoms with Crippen LogP contribution in [0.25, 0.3) is 0 Å². The van der Waals surface area contributed by atoms with Gasteiger partial charge in [-0.2, -0.15) is 0 Å². The normalized spacial score (nSPS) is 22.2. The number of nitrogens with two attached hydrogens (primary N) is 1. The number of nitrogens with one attached hydrogen (secondary N) is 1. The largest absolute Gasteiger partial charge is 0.368 e. The maximum atomic E-state index is 11.3. The lowest BCUT2D eigenvalue weighted by Gasteiger charge is -2.33. The van der Waals surface area contributed by atoms with Crippen molar-refractivity contribution in [1.82, 2.24) is 15.2 Å². The lowest BCUT2D eigenvalue weighted by Crippen LogP contribution is -2.56. The second-order valence-electron chi connectivity index (χ2n) is 3.94. The Labute approximate surface area is 98.7 Å². The summed E-state index contributed by atoms with van der Waals surface area (Å²) >= 11 is 1.67. The van der Waals surface area contributed by atoms with Crippen molar-refractivity contribution in [1.29, 1.82) is 0 Å². The van der Waals surface area contributed by atoms with Gasteiger partial charge in [0.1, 0.15) is 6.04 Å². The van der Waals surface area contributed by atoms with Gasteiger partial charge in [0.05, 0.1) is 5.01 Å². The number of carbonyl (C=O) groups excluding carboxylic acids is 1. The Balaban J connectivity index is 2.03. The average Bonchev–Trinajstić information content (AvgIpc) is 2.64. The topological polar surface area (TPSA) is 71.2 Å². The zero-order chi connectivity index (χ0) is 11.5. The highest BCUT2D eigenvalue weighted by Gasteiger charge is 2.26. The van der Waals surface area contributed by atoms with Gasteiger partial charge >= 0.3 is 0 Å². The van der Waals surface area contributed by atoms with Crippen molar-refractivity contribution in [3.63, 3.8) is 0 Å². The highest BCUT2D eigenvalue weighted by Crippen LogP contribution is 2.16. The van der Waals surface area contributed by atoms with Gasteiger partial charge in [0.25, 0.3) is 0 Å². The van der Waals surface area contributed by atoms with Crippen molar-refractivity contribution >= 4 is 17.2 Å². The molecule has 5 nitrogen and oxygen atoms in total. The van der Waals surface area contributed by atoms with Crippen LogP contribution in [0.2, 0.25) is 0 Å². The summed E-state index contributed by atoms with van der Waals surface area (Å²) < 4.78 is 0. The Kier molecular flexibility index (Phi) is 3.52. The number of hydrogen-bond donors (Lipinski definition) is 2. The zero-order valence-electron chi connectivity index (χ0n) is 9.27. The molecule has 2 rings (SSSR count). The average molecular weight is 240 g/mol. The minimum Gasteiger partial charge on any atom is -0.368 e. The highest BCUT2D eigenvalue weighted by molar-refractivity contribution is 7.11. The van der Waals surface area contributed by atoms with Crippen LogP contribution in [-0.4, -0.2) is 41.5 Å². The molecule has 1 unspecified atom stereocenters. The first-order valence-electron chi connectivity index (χ1n) is 5.32. The van der Waals surface area contributed by atoms with Crippen molar-refractivity contribution in [2.45, 2.75) is 19.5 Å². The number of hydrogen-bond acceptors (Lipinski definition) is 5. The summed E-state index contributed by atoms with van der Waals surface area (Å²) in [6, 6.07) is -0.198. The molecule has 1 saturated heterocycles. The molecule has 0 bridgehead atoms. The number of primary amides is 1. The monoisotopic (exact) mass is 240 g/mol. The molecule has 2 heterocycles. The summed E-state index contributed by atoms with van der Waals surface area (Å²) in [5.41, 5.74) is 5.38. The second-order valence-corrected chi connectivity index (χ2v) is 5.26. The SMILES string of the molecule is Cc1ncc(CN2CCNCC2C(N)=O)s1. The second kappa shape index (κ2) is 4.90. The van der Waals surface area contributed by atoms with Crippen molar-refractivity contribution < 1.29 is 4.79 Å². The smallest absolute Gasteiger partial charge is 0.236 e. The van der Waals surface area contributed by atoms with Crippen molar-refractivity contribution in [3.05, 3.63) is 16.1 Å². The van der Waals surface area contributed by atoms with Gasteiger partial charge in [0.15, 0.2) is 0 Å². The molecule has 0 spiro atoms. The third-order valence-corrected chi connectivity index (χ3v) is 3.61. The predicted octanol–water partition coefficient (Wildman–Crippen LogP) is -0.289. The molecule has 1 aliphatic heterocycles. The van der Waals surface area contributed by atoms with Crippen LogP contribution >= 0.6 is 11.3 Å². The lowest BCUT2D eigenvalue weighted by molar-refractivity contribution is -0.124. The van der Waals surface area contributed by atoms with Crippen molar-refractivity contribution in [3.8, 4) is 0 Å². The van der Waals surface area contributed by atoms with E-state index >= 15 is 0 Å². The van der Waals surface area contributed by atoms with Gasteiger partial charge in [-0.1, -0.05) is 0 Å². The first-order valence-corrected chi connectivity index (χ1v) is 6.14. The quantitative estimate of drug-likeness (QED) is 0.761.